The molecule has 0 bridgehead atoms. The second kappa shape index (κ2) is 9.03. The summed E-state index contributed by atoms with van der Waals surface area (Å²) in [5.41, 5.74) is 0.455. The number of hydrogen-bond acceptors (Lipinski definition) is 8. The van der Waals surface area contributed by atoms with Crippen LogP contribution in [-0.4, -0.2) is 27.8 Å². The third-order valence-electron chi connectivity index (χ3n) is 5.09. The van der Waals surface area contributed by atoms with E-state index < -0.39 is 27.7 Å². The van der Waals surface area contributed by atoms with Gasteiger partial charge in [0, 0.05) is 18.4 Å². The third kappa shape index (κ3) is 5.10. The van der Waals surface area contributed by atoms with Crippen LogP contribution in [0.4, 0.5) is 10.1 Å². The van der Waals surface area contributed by atoms with Crippen molar-refractivity contribution in [1.82, 2.24) is 4.98 Å². The van der Waals surface area contributed by atoms with E-state index in [1.54, 1.807) is 19.9 Å². The van der Waals surface area contributed by atoms with Crippen LogP contribution in [0.2, 0.25) is 0 Å². The lowest BCUT2D eigenvalue weighted by Crippen LogP contribution is -2.26. The summed E-state index contributed by atoms with van der Waals surface area (Å²) < 4.78 is 38.0. The van der Waals surface area contributed by atoms with Gasteiger partial charge in [-0.2, -0.15) is 9.62 Å². The Morgan fingerprint density at radius 1 is 1.50 bits per heavy atom. The molecule has 3 rings (SSSR count). The molecular weight excluding hydrogens is 453 g/mol. The lowest BCUT2D eigenvalue weighted by atomic mass is 9.92. The lowest BCUT2D eigenvalue weighted by Gasteiger charge is -2.23. The molecule has 2 aromatic rings. The summed E-state index contributed by atoms with van der Waals surface area (Å²) in [7, 11) is -2.05. The van der Waals surface area contributed by atoms with Gasteiger partial charge in [-0.3, -0.25) is 0 Å². The Bertz CT molecular complexity index is 1170. The summed E-state index contributed by atoms with van der Waals surface area (Å²) in [5.74, 6) is -0.604. The van der Waals surface area contributed by atoms with Gasteiger partial charge >= 0.3 is 0 Å². The van der Waals surface area contributed by atoms with E-state index in [9.17, 15) is 14.6 Å². The van der Waals surface area contributed by atoms with Crippen molar-refractivity contribution in [2.24, 2.45) is 9.50 Å². The monoisotopic (exact) mass is 481 g/mol. The zero-order chi connectivity index (χ0) is 23.8. The first-order chi connectivity index (χ1) is 14.9. The van der Waals surface area contributed by atoms with Crippen molar-refractivity contribution in [3.8, 4) is 6.07 Å². The maximum Gasteiger partial charge on any atom is 0.235 e. The highest BCUT2D eigenvalue weighted by Gasteiger charge is 2.32. The first-order valence-electron chi connectivity index (χ1n) is 10.2. The number of rotatable bonds is 8. The molecule has 1 aliphatic carbocycles. The van der Waals surface area contributed by atoms with Crippen LogP contribution >= 0.6 is 11.3 Å². The van der Waals surface area contributed by atoms with Crippen LogP contribution in [0.15, 0.2) is 20.8 Å². The number of anilines is 1. The molecule has 11 heteroatoms. The lowest BCUT2D eigenvalue weighted by molar-refractivity contribution is 0.0783. The van der Waals surface area contributed by atoms with E-state index in [1.807, 2.05) is 19.9 Å². The van der Waals surface area contributed by atoms with Gasteiger partial charge in [-0.1, -0.05) is 13.8 Å². The molecule has 1 fully saturated rings. The first-order valence-corrected chi connectivity index (χ1v) is 12.6. The fourth-order valence-electron chi connectivity index (χ4n) is 3.33. The van der Waals surface area contributed by atoms with Gasteiger partial charge in [0.1, 0.15) is 36.6 Å². The Morgan fingerprint density at radius 2 is 2.16 bits per heavy atom. The van der Waals surface area contributed by atoms with Gasteiger partial charge in [0.25, 0.3) is 0 Å². The Hall–Kier alpha value is -2.10. The van der Waals surface area contributed by atoms with Crippen LogP contribution in [0.5, 0.6) is 0 Å². The van der Waals surface area contributed by atoms with Crippen molar-refractivity contribution in [1.29, 1.82) is 5.26 Å². The van der Waals surface area contributed by atoms with Crippen LogP contribution in [0.25, 0.3) is 0 Å². The number of nitrogens with one attached hydrogen (secondary N) is 1. The van der Waals surface area contributed by atoms with E-state index in [4.69, 9.17) is 9.88 Å². The van der Waals surface area contributed by atoms with Gasteiger partial charge in [0.05, 0.1) is 11.8 Å². The Balaban J connectivity index is 2.05. The molecule has 0 radical (unpaired) electrons. The molecule has 0 aliphatic heterocycles. The summed E-state index contributed by atoms with van der Waals surface area (Å²) in [5, 5.41) is 28.9. The molecule has 2 atom stereocenters. The third-order valence-corrected chi connectivity index (χ3v) is 8.34. The molecule has 174 valence electrons. The van der Waals surface area contributed by atoms with Crippen LogP contribution in [0, 0.1) is 17.1 Å². The predicted octanol–water partition coefficient (Wildman–Crippen LogP) is 4.12. The standard InChI is InChI=1S/C21H28FN5O3S2/c1-11(2)16-17(22)13(9-23)8-14(12-6-7-12)18(16)26-20(30-5)27-32(24,29)15-10-25-19(31-15)21(3,4)28/h8,10-12,20,26,28H,6-7H2,1-5H3,(H2,24,27,29). The number of aromatic nitrogens is 1. The fraction of sp³-hybridized carbons (Fsp3) is 0.524. The van der Waals surface area contributed by atoms with Crippen molar-refractivity contribution < 1.29 is 18.4 Å². The molecule has 1 saturated carbocycles. The SMILES string of the molecule is COC(N=S(N)(=O)c1cnc(C(C)(C)O)s1)Nc1c(C2CC2)cc(C#N)c(F)c1C(C)C. The van der Waals surface area contributed by atoms with Crippen LogP contribution < -0.4 is 10.5 Å². The zero-order valence-electron chi connectivity index (χ0n) is 18.7. The average molecular weight is 482 g/mol. The molecule has 0 saturated heterocycles. The van der Waals surface area contributed by atoms with Gasteiger partial charge in [-0.25, -0.2) is 18.7 Å². The highest BCUT2D eigenvalue weighted by molar-refractivity contribution is 7.93. The smallest absolute Gasteiger partial charge is 0.235 e. The molecule has 8 nitrogen and oxygen atoms in total. The minimum Gasteiger partial charge on any atom is -0.383 e. The van der Waals surface area contributed by atoms with Crippen LogP contribution in [0.3, 0.4) is 0 Å². The minimum atomic E-state index is -3.42. The van der Waals surface area contributed by atoms with E-state index in [2.05, 4.69) is 14.7 Å². The zero-order valence-corrected chi connectivity index (χ0v) is 20.3. The summed E-state index contributed by atoms with van der Waals surface area (Å²) in [4.78, 5) is 4.09. The Morgan fingerprint density at radius 3 is 2.62 bits per heavy atom. The Labute approximate surface area is 191 Å². The number of methoxy groups -OCH3 is 1. The van der Waals surface area contributed by atoms with E-state index >= 15 is 4.39 Å². The number of ether oxygens (including phenoxy) is 1. The highest BCUT2D eigenvalue weighted by atomic mass is 32.2. The topological polar surface area (TPSA) is 134 Å². The second-order valence-electron chi connectivity index (χ2n) is 8.61. The van der Waals surface area contributed by atoms with Gasteiger partial charge in [0.15, 0.2) is 0 Å². The van der Waals surface area contributed by atoms with Crippen molar-refractivity contribution in [2.45, 2.75) is 68.5 Å². The van der Waals surface area contributed by atoms with Crippen molar-refractivity contribution in [3.63, 3.8) is 0 Å². The molecule has 1 heterocycles. The van der Waals surface area contributed by atoms with Crippen molar-refractivity contribution in [2.75, 3.05) is 12.4 Å². The van der Waals surface area contributed by atoms with E-state index in [-0.39, 0.29) is 21.6 Å². The number of aliphatic hydroxyl groups is 1. The maximum atomic E-state index is 15.1. The predicted molar refractivity (Wildman–Crippen MR) is 122 cm³/mol. The number of hydrogen-bond donors (Lipinski definition) is 3. The molecule has 0 amide bonds. The minimum absolute atomic E-state index is 0.00140. The maximum absolute atomic E-state index is 15.1. The number of nitriles is 1. The number of thiazole rings is 1. The number of benzene rings is 1. The molecule has 2 unspecified atom stereocenters. The number of halogens is 1. The van der Waals surface area contributed by atoms with E-state index in [0.29, 0.717) is 16.3 Å². The molecule has 32 heavy (non-hydrogen) atoms. The quantitative estimate of drug-likeness (QED) is 0.486. The molecule has 4 N–H and O–H groups in total. The fourth-order valence-corrected chi connectivity index (χ4v) is 5.55. The van der Waals surface area contributed by atoms with Crippen molar-refractivity contribution in [3.05, 3.63) is 39.8 Å². The summed E-state index contributed by atoms with van der Waals surface area (Å²) >= 11 is 1.00. The normalized spacial score (nSPS) is 17.0. The second-order valence-corrected chi connectivity index (χ2v) is 11.7. The van der Waals surface area contributed by atoms with Crippen LogP contribution in [0.1, 0.15) is 74.1 Å². The summed E-state index contributed by atoms with van der Waals surface area (Å²) in [6, 6.07) is 3.49. The Kier molecular flexibility index (Phi) is 6.93. The van der Waals surface area contributed by atoms with Gasteiger partial charge in [-0.15, -0.1) is 11.3 Å². The number of nitrogens with two attached hydrogens (primary N) is 1. The van der Waals surface area contributed by atoms with Gasteiger partial charge in [-0.05, 0) is 50.2 Å². The highest BCUT2D eigenvalue weighted by Crippen LogP contribution is 2.47. The molecule has 1 aliphatic rings. The number of nitrogens with zero attached hydrogens (tertiary/aromatic N) is 3. The molecule has 1 aromatic heterocycles. The molecule has 1 aromatic carbocycles. The van der Waals surface area contributed by atoms with Gasteiger partial charge < -0.3 is 15.2 Å². The molecule has 0 spiro atoms. The summed E-state index contributed by atoms with van der Waals surface area (Å²) in [6.07, 6.45) is 2.06. The van der Waals surface area contributed by atoms with Crippen LogP contribution in [-0.2, 0) is 20.3 Å². The summed E-state index contributed by atoms with van der Waals surface area (Å²) in [6.45, 7) is 6.80. The van der Waals surface area contributed by atoms with E-state index in [1.165, 1.54) is 13.3 Å². The average Bonchev–Trinajstić information content (AvgIpc) is 3.39. The van der Waals surface area contributed by atoms with E-state index in [0.717, 1.165) is 29.7 Å². The first kappa shape index (κ1) is 24.5. The largest absolute Gasteiger partial charge is 0.383 e. The molecular formula is C21H28FN5O3S2. The van der Waals surface area contributed by atoms with Crippen molar-refractivity contribution >= 4 is 26.9 Å². The van der Waals surface area contributed by atoms with Gasteiger partial charge in [0.2, 0.25) is 6.35 Å².